The third-order valence-electron chi connectivity index (χ3n) is 2.35. The summed E-state index contributed by atoms with van der Waals surface area (Å²) in [6.07, 6.45) is 7.09. The highest BCUT2D eigenvalue weighted by atomic mass is 16.6. The number of furan rings is 1. The summed E-state index contributed by atoms with van der Waals surface area (Å²) in [4.78, 5) is 12.8. The van der Waals surface area contributed by atoms with E-state index in [2.05, 4.69) is 5.92 Å². The molecule has 0 spiro atoms. The largest absolute Gasteiger partial charge is 0.469 e. The molecule has 78 valence electrons. The number of rotatable bonds is 3. The van der Waals surface area contributed by atoms with Crippen molar-refractivity contribution in [3.05, 3.63) is 24.2 Å². The van der Waals surface area contributed by atoms with Crippen LogP contribution in [0.25, 0.3) is 0 Å². The highest BCUT2D eigenvalue weighted by molar-refractivity contribution is 5.70. The maximum Gasteiger partial charge on any atom is 0.411 e. The number of terminal acetylenes is 1. The molecule has 1 aromatic heterocycles. The predicted molar refractivity (Wildman–Crippen MR) is 53.1 cm³/mol. The Morgan fingerprint density at radius 1 is 1.67 bits per heavy atom. The molecule has 0 radical (unpaired) electrons. The Kier molecular flexibility index (Phi) is 2.64. The van der Waals surface area contributed by atoms with Crippen LogP contribution in [0.3, 0.4) is 0 Å². The van der Waals surface area contributed by atoms with E-state index in [9.17, 15) is 4.79 Å². The van der Waals surface area contributed by atoms with Crippen LogP contribution in [0, 0.1) is 12.3 Å². The van der Waals surface area contributed by atoms with E-state index in [0.717, 1.165) is 5.76 Å². The number of cyclic esters (lactones) is 1. The molecule has 0 aromatic carbocycles. The molecule has 2 rings (SSSR count). The van der Waals surface area contributed by atoms with Gasteiger partial charge in [-0.2, -0.15) is 0 Å². The van der Waals surface area contributed by atoms with Crippen LogP contribution in [-0.4, -0.2) is 30.2 Å². The second kappa shape index (κ2) is 4.09. The lowest BCUT2D eigenvalue weighted by Gasteiger charge is -2.17. The van der Waals surface area contributed by atoms with Crippen LogP contribution in [0.4, 0.5) is 4.79 Å². The molecule has 1 aliphatic rings. The average molecular weight is 205 g/mol. The molecule has 1 aromatic rings. The fourth-order valence-corrected chi connectivity index (χ4v) is 1.61. The zero-order chi connectivity index (χ0) is 10.7. The van der Waals surface area contributed by atoms with E-state index < -0.39 is 0 Å². The zero-order valence-corrected chi connectivity index (χ0v) is 8.18. The van der Waals surface area contributed by atoms with Gasteiger partial charge in [-0.05, 0) is 12.1 Å². The Bertz CT molecular complexity index is 377. The van der Waals surface area contributed by atoms with E-state index in [0.29, 0.717) is 13.0 Å². The van der Waals surface area contributed by atoms with Gasteiger partial charge in [-0.25, -0.2) is 4.79 Å². The summed E-state index contributed by atoms with van der Waals surface area (Å²) in [7, 11) is 0. The van der Waals surface area contributed by atoms with Crippen LogP contribution in [0.2, 0.25) is 0 Å². The Labute approximate surface area is 87.8 Å². The van der Waals surface area contributed by atoms with Crippen molar-refractivity contribution in [1.82, 2.24) is 4.90 Å². The molecule has 4 nitrogen and oxygen atoms in total. The Balaban J connectivity index is 2.03. The van der Waals surface area contributed by atoms with E-state index in [4.69, 9.17) is 15.6 Å². The lowest BCUT2D eigenvalue weighted by molar-refractivity contribution is 0.161. The van der Waals surface area contributed by atoms with Gasteiger partial charge in [0.1, 0.15) is 12.4 Å². The highest BCUT2D eigenvalue weighted by Crippen LogP contribution is 2.16. The standard InChI is InChI=1S/C11H11NO3/c1-2-5-12-9(8-15-11(12)13)7-10-4-3-6-14-10/h1,3-4,6,9H,5,7-8H2. The lowest BCUT2D eigenvalue weighted by Crippen LogP contribution is -2.35. The first-order chi connectivity index (χ1) is 7.31. The topological polar surface area (TPSA) is 42.7 Å². The summed E-state index contributed by atoms with van der Waals surface area (Å²) < 4.78 is 10.1. The molecule has 1 amide bonds. The van der Waals surface area contributed by atoms with Gasteiger partial charge in [-0.1, -0.05) is 5.92 Å². The van der Waals surface area contributed by atoms with Crippen molar-refractivity contribution in [3.63, 3.8) is 0 Å². The van der Waals surface area contributed by atoms with Gasteiger partial charge >= 0.3 is 6.09 Å². The number of carbonyl (C=O) groups is 1. The summed E-state index contributed by atoms with van der Waals surface area (Å²) in [5.41, 5.74) is 0. The van der Waals surface area contributed by atoms with Crippen LogP contribution in [0.1, 0.15) is 5.76 Å². The molecule has 4 heteroatoms. The van der Waals surface area contributed by atoms with Gasteiger partial charge < -0.3 is 9.15 Å². The number of hydrogen-bond donors (Lipinski definition) is 0. The maximum absolute atomic E-state index is 11.3. The van der Waals surface area contributed by atoms with Gasteiger partial charge in [0, 0.05) is 6.42 Å². The fraction of sp³-hybridized carbons (Fsp3) is 0.364. The van der Waals surface area contributed by atoms with Crippen molar-refractivity contribution in [2.24, 2.45) is 0 Å². The molecule has 0 aliphatic carbocycles. The third kappa shape index (κ3) is 1.96. The second-order valence-corrected chi connectivity index (χ2v) is 3.35. The molecule has 15 heavy (non-hydrogen) atoms. The Morgan fingerprint density at radius 3 is 3.20 bits per heavy atom. The van der Waals surface area contributed by atoms with Crippen molar-refractivity contribution >= 4 is 6.09 Å². The van der Waals surface area contributed by atoms with Crippen LogP contribution in [0.5, 0.6) is 0 Å². The molecular formula is C11H11NO3. The number of hydrogen-bond acceptors (Lipinski definition) is 3. The first-order valence-corrected chi connectivity index (χ1v) is 4.70. The van der Waals surface area contributed by atoms with Gasteiger partial charge in [-0.3, -0.25) is 4.90 Å². The molecule has 1 fully saturated rings. The minimum absolute atomic E-state index is 0.0142. The van der Waals surface area contributed by atoms with Crippen molar-refractivity contribution in [2.75, 3.05) is 13.2 Å². The monoisotopic (exact) mass is 205 g/mol. The first kappa shape index (κ1) is 9.66. The van der Waals surface area contributed by atoms with E-state index in [1.807, 2.05) is 12.1 Å². The van der Waals surface area contributed by atoms with E-state index in [-0.39, 0.29) is 18.7 Å². The van der Waals surface area contributed by atoms with E-state index in [1.54, 1.807) is 11.2 Å². The predicted octanol–water partition coefficient (Wildman–Crippen LogP) is 1.28. The smallest absolute Gasteiger partial charge is 0.411 e. The van der Waals surface area contributed by atoms with Gasteiger partial charge in [0.15, 0.2) is 0 Å². The molecule has 1 unspecified atom stereocenters. The van der Waals surface area contributed by atoms with Gasteiger partial charge in [-0.15, -0.1) is 6.42 Å². The Hall–Kier alpha value is -1.89. The van der Waals surface area contributed by atoms with Crippen LogP contribution in [0.15, 0.2) is 22.8 Å². The van der Waals surface area contributed by atoms with Crippen LogP contribution < -0.4 is 0 Å². The summed E-state index contributed by atoms with van der Waals surface area (Å²) in [6.45, 7) is 0.658. The fourth-order valence-electron chi connectivity index (χ4n) is 1.61. The average Bonchev–Trinajstić information content (AvgIpc) is 2.83. The van der Waals surface area contributed by atoms with Crippen LogP contribution in [-0.2, 0) is 11.2 Å². The number of nitrogens with zero attached hydrogens (tertiary/aromatic N) is 1. The molecule has 1 aliphatic heterocycles. The number of ether oxygens (including phenoxy) is 1. The summed E-state index contributed by atoms with van der Waals surface area (Å²) in [5, 5.41) is 0. The van der Waals surface area contributed by atoms with Gasteiger partial charge in [0.2, 0.25) is 0 Å². The highest BCUT2D eigenvalue weighted by Gasteiger charge is 2.32. The summed E-state index contributed by atoms with van der Waals surface area (Å²) in [6, 6.07) is 3.68. The van der Waals surface area contributed by atoms with Crippen molar-refractivity contribution in [1.29, 1.82) is 0 Å². The molecule has 0 bridgehead atoms. The minimum atomic E-state index is -0.343. The van der Waals surface area contributed by atoms with Gasteiger partial charge in [0.05, 0.1) is 18.8 Å². The maximum atomic E-state index is 11.3. The van der Waals surface area contributed by atoms with E-state index >= 15 is 0 Å². The first-order valence-electron chi connectivity index (χ1n) is 4.70. The number of carbonyl (C=O) groups excluding carboxylic acids is 1. The van der Waals surface area contributed by atoms with Gasteiger partial charge in [0.25, 0.3) is 0 Å². The number of amides is 1. The van der Waals surface area contributed by atoms with Crippen LogP contribution >= 0.6 is 0 Å². The molecule has 0 N–H and O–H groups in total. The molecule has 1 saturated heterocycles. The van der Waals surface area contributed by atoms with E-state index in [1.165, 1.54) is 0 Å². The molecule has 2 heterocycles. The Morgan fingerprint density at radius 2 is 2.53 bits per heavy atom. The SMILES string of the molecule is C#CCN1C(=O)OCC1Cc1ccco1. The molecular weight excluding hydrogens is 194 g/mol. The minimum Gasteiger partial charge on any atom is -0.469 e. The summed E-state index contributed by atoms with van der Waals surface area (Å²) >= 11 is 0. The molecule has 0 saturated carbocycles. The second-order valence-electron chi connectivity index (χ2n) is 3.35. The van der Waals surface area contributed by atoms with Crippen molar-refractivity contribution in [3.8, 4) is 12.3 Å². The molecule has 1 atom stereocenters. The zero-order valence-electron chi connectivity index (χ0n) is 8.18. The summed E-state index contributed by atoms with van der Waals surface area (Å²) in [5.74, 6) is 3.28. The third-order valence-corrected chi connectivity index (χ3v) is 2.35. The normalized spacial score (nSPS) is 20.1. The van der Waals surface area contributed by atoms with Crippen molar-refractivity contribution < 1.29 is 13.9 Å². The lowest BCUT2D eigenvalue weighted by atomic mass is 10.1. The van der Waals surface area contributed by atoms with Crippen molar-refractivity contribution in [2.45, 2.75) is 12.5 Å². The quantitative estimate of drug-likeness (QED) is 0.698.